The molecule has 14 aliphatic heterocycles. The second-order valence-electron chi connectivity index (χ2n) is 20.1. The molecule has 3 fully saturated rings. The fourth-order valence-corrected chi connectivity index (χ4v) is 13.8. The number of hydrogen-bond acceptors (Lipinski definition) is 12. The summed E-state index contributed by atoms with van der Waals surface area (Å²) in [6.07, 6.45) is 4.66. The van der Waals surface area contributed by atoms with Crippen LogP contribution in [0.15, 0.2) is 86.9 Å². The fraction of sp³-hybridized carbons (Fsp3) is 0.346. The molecule has 0 N–H and O–H groups in total. The van der Waals surface area contributed by atoms with Crippen LogP contribution in [0.25, 0.3) is 53.9 Å². The first-order valence-electron chi connectivity index (χ1n) is 24.0. The van der Waals surface area contributed by atoms with Crippen molar-refractivity contribution in [1.82, 2.24) is 28.1 Å². The van der Waals surface area contributed by atoms with Crippen molar-refractivity contribution in [2.75, 3.05) is 0 Å². The molecule has 8 aromatic rings. The van der Waals surface area contributed by atoms with Gasteiger partial charge < -0.3 is 0 Å². The molecular weight excluding hydrogens is 901 g/mol. The largest absolute Gasteiger partial charge is 0.269 e. The number of amides is 4. The van der Waals surface area contributed by atoms with Crippen molar-refractivity contribution in [3.63, 3.8) is 0 Å². The predicted molar refractivity (Wildman–Crippen MR) is 254 cm³/mol. The highest BCUT2D eigenvalue weighted by Crippen LogP contribution is 2.44. The van der Waals surface area contributed by atoms with Crippen molar-refractivity contribution in [3.8, 4) is 0 Å². The Labute approximate surface area is 390 Å². The van der Waals surface area contributed by atoms with Gasteiger partial charge in [-0.15, -0.1) is 0 Å². The van der Waals surface area contributed by atoms with Crippen LogP contribution >= 0.6 is 0 Å². The van der Waals surface area contributed by atoms with Crippen LogP contribution in [-0.2, 0) is 0 Å². The fourth-order valence-electron chi connectivity index (χ4n) is 13.8. The summed E-state index contributed by atoms with van der Waals surface area (Å²) in [6, 6.07) is 4.63. The zero-order valence-electron chi connectivity index (χ0n) is 37.2. The first-order valence-corrected chi connectivity index (χ1v) is 24.0. The van der Waals surface area contributed by atoms with Gasteiger partial charge in [-0.2, -0.15) is 0 Å². The molecule has 0 spiro atoms. The van der Waals surface area contributed by atoms with Gasteiger partial charge in [0.2, 0.25) is 0 Å². The molecule has 4 aromatic carbocycles. The van der Waals surface area contributed by atoms with Crippen molar-refractivity contribution in [1.29, 1.82) is 0 Å². The third-order valence-corrected chi connectivity index (χ3v) is 16.9. The van der Waals surface area contributed by atoms with E-state index in [4.69, 9.17) is 0 Å². The van der Waals surface area contributed by atoms with Crippen LogP contribution < -0.4 is 44.5 Å². The summed E-state index contributed by atoms with van der Waals surface area (Å²) in [6.45, 7) is 0. The van der Waals surface area contributed by atoms with E-state index in [1.54, 1.807) is 0 Å². The molecule has 0 saturated heterocycles. The molecule has 3 saturated carbocycles. The van der Waals surface area contributed by atoms with Gasteiger partial charge in [-0.1, -0.05) is 38.5 Å². The summed E-state index contributed by atoms with van der Waals surface area (Å²) in [7, 11) is 0. The van der Waals surface area contributed by atoms with Gasteiger partial charge in [0.25, 0.3) is 68.1 Å². The molecule has 70 heavy (non-hydrogen) atoms. The Balaban J connectivity index is 1.04. The maximum absolute atomic E-state index is 14.8. The standard InChI is InChI=1S/C52H38N6O12/c59-41-21-13-15-23-40-24-16-14-22(39(21)40)42(60)53(41)33-7-1-3-9-35(33)55-45(63)25-17-29-30(18-26(25)46(55)64)50(68)57(49(29)67)37-11-5-6-12-38(37)58-51(69)31-19-27-28(20-32(31)52(58)70)48(66)56(47(27)65)36-10-4-2-8-34(36)54(43(23)61)44(24)62/h13-20,33-38H,1-12H2/t33-,34-,35-,36?,37?,38-/m1/s1. The highest BCUT2D eigenvalue weighted by Gasteiger charge is 2.48. The van der Waals surface area contributed by atoms with E-state index in [0.29, 0.717) is 38.5 Å². The number of hydrogen-bond donors (Lipinski definition) is 0. The molecule has 0 radical (unpaired) electrons. The highest BCUT2D eigenvalue weighted by molar-refractivity contribution is 6.33. The summed E-state index contributed by atoms with van der Waals surface area (Å²) < 4.78 is 4.06. The van der Waals surface area contributed by atoms with E-state index in [1.165, 1.54) is 48.5 Å². The monoisotopic (exact) mass is 938 g/mol. The number of aromatic nitrogens is 4. The molecule has 18 nitrogen and oxygen atoms in total. The van der Waals surface area contributed by atoms with E-state index in [1.807, 2.05) is 0 Å². The van der Waals surface area contributed by atoms with Crippen LogP contribution in [0, 0.1) is 0 Å². The van der Waals surface area contributed by atoms with Gasteiger partial charge in [-0.25, -0.2) is 0 Å². The Hall–Kier alpha value is -8.02. The summed E-state index contributed by atoms with van der Waals surface area (Å²) in [5, 5.41) is -0.866. The average molecular weight is 939 g/mol. The van der Waals surface area contributed by atoms with Crippen molar-refractivity contribution >= 4 is 77.5 Å². The quantitative estimate of drug-likeness (QED) is 0.199. The molecule has 2 unspecified atom stereocenters. The van der Waals surface area contributed by atoms with E-state index >= 15 is 0 Å². The normalized spacial score (nSPS) is 24.4. The maximum atomic E-state index is 14.8. The third-order valence-electron chi connectivity index (χ3n) is 16.9. The predicted octanol–water partition coefficient (Wildman–Crippen LogP) is 3.52. The van der Waals surface area contributed by atoms with Gasteiger partial charge in [-0.3, -0.25) is 85.6 Å². The number of nitrogens with zero attached hydrogens (tertiary/aromatic N) is 6. The van der Waals surface area contributed by atoms with Gasteiger partial charge in [0.15, 0.2) is 0 Å². The van der Waals surface area contributed by atoms with Gasteiger partial charge in [0.05, 0.1) is 79.3 Å². The summed E-state index contributed by atoms with van der Waals surface area (Å²) in [5.74, 6) is -2.94. The Morgan fingerprint density at radius 3 is 0.671 bits per heavy atom. The van der Waals surface area contributed by atoms with E-state index in [9.17, 15) is 57.5 Å². The van der Waals surface area contributed by atoms with Crippen molar-refractivity contribution in [2.24, 2.45) is 0 Å². The molecule has 17 aliphatic rings. The topological polar surface area (TPSA) is 231 Å². The third kappa shape index (κ3) is 4.87. The minimum atomic E-state index is -1.00. The van der Waals surface area contributed by atoms with Gasteiger partial charge in [0.1, 0.15) is 0 Å². The van der Waals surface area contributed by atoms with Crippen LogP contribution in [0.5, 0.6) is 0 Å². The summed E-state index contributed by atoms with van der Waals surface area (Å²) in [5.41, 5.74) is -5.99. The minimum absolute atomic E-state index is 0.0378. The molecule has 4 amide bonds. The Bertz CT molecular complexity index is 3820. The molecule has 6 atom stereocenters. The van der Waals surface area contributed by atoms with Crippen molar-refractivity contribution in [3.05, 3.63) is 154 Å². The lowest BCUT2D eigenvalue weighted by Crippen LogP contribution is -2.54. The molecule has 348 valence electrons. The molecule has 18 heterocycles. The number of carbonyl (C=O) groups is 4. The number of benzene rings is 4. The zero-order chi connectivity index (χ0) is 48.1. The van der Waals surface area contributed by atoms with Crippen molar-refractivity contribution in [2.45, 2.75) is 113 Å². The Kier molecular flexibility index (Phi) is 8.10. The second-order valence-corrected chi connectivity index (χ2v) is 20.1. The lowest BCUT2D eigenvalue weighted by Gasteiger charge is -2.42. The molecular formula is C52H38N6O12. The van der Waals surface area contributed by atoms with Crippen LogP contribution in [0.1, 0.15) is 143 Å². The Morgan fingerprint density at radius 1 is 0.271 bits per heavy atom. The number of carbonyl (C=O) groups excluding carboxylic acids is 4. The second kappa shape index (κ2) is 13.8. The number of rotatable bonds is 0. The van der Waals surface area contributed by atoms with Gasteiger partial charge in [0, 0.05) is 33.0 Å². The average Bonchev–Trinajstić information content (AvgIpc) is 3.96. The van der Waals surface area contributed by atoms with Gasteiger partial charge in [-0.05, 0) is 87.1 Å². The van der Waals surface area contributed by atoms with Crippen LogP contribution in [0.2, 0.25) is 0 Å². The molecule has 18 heteroatoms. The molecule has 20 bridgehead atoms. The smallest absolute Gasteiger partial charge is 0.261 e. The van der Waals surface area contributed by atoms with E-state index in [0.717, 1.165) is 28.1 Å². The van der Waals surface area contributed by atoms with Gasteiger partial charge >= 0.3 is 0 Å². The Morgan fingerprint density at radius 2 is 0.457 bits per heavy atom. The highest BCUT2D eigenvalue weighted by atomic mass is 16.2. The van der Waals surface area contributed by atoms with Crippen LogP contribution in [-0.4, -0.2) is 63.8 Å². The van der Waals surface area contributed by atoms with Crippen molar-refractivity contribution < 1.29 is 19.2 Å². The van der Waals surface area contributed by atoms with E-state index in [-0.39, 0.29) is 115 Å². The van der Waals surface area contributed by atoms with E-state index < -0.39 is 104 Å². The molecule has 4 aromatic heterocycles. The van der Waals surface area contributed by atoms with E-state index in [2.05, 4.69) is 0 Å². The maximum Gasteiger partial charge on any atom is 0.261 e. The first-order chi connectivity index (χ1) is 33.8. The zero-order valence-corrected chi connectivity index (χ0v) is 37.2. The number of imide groups is 2. The minimum Gasteiger partial charge on any atom is -0.269 e. The first kappa shape index (κ1) is 41.0. The van der Waals surface area contributed by atoms with Crippen LogP contribution in [0.4, 0.5) is 0 Å². The molecule has 25 rings (SSSR count). The summed E-state index contributed by atoms with van der Waals surface area (Å²) >= 11 is 0. The van der Waals surface area contributed by atoms with Crippen LogP contribution in [0.3, 0.4) is 0 Å². The lowest BCUT2D eigenvalue weighted by atomic mass is 9.82. The molecule has 3 aliphatic carbocycles. The SMILES string of the molecule is O=C1c2ccc3c4c5ccc(c24)C(=O)N1[C@@H]1CCCCC1n1c(=O)c2cc4c(=O)n(c(=O)c4cc2c1=O)[C@@H]1CCCCC1n1c(=O)c2cc4c(=O)n(c(=O)c4cc2c1=O)[C@@H]1CCCC[C@H]1N(C3=O)C5=O. The summed E-state index contributed by atoms with van der Waals surface area (Å²) in [4.78, 5) is 178. The lowest BCUT2D eigenvalue weighted by molar-refractivity contribution is 0.0411.